The largest absolute Gasteiger partial charge is 0.334 e. The highest BCUT2D eigenvalue weighted by Gasteiger charge is 2.35. The molecule has 0 aromatic carbocycles. The number of aromatic nitrogens is 1. The lowest BCUT2D eigenvalue weighted by Gasteiger charge is -2.35. The van der Waals surface area contributed by atoms with Crippen LogP contribution in [0.1, 0.15) is 23.2 Å². The number of nitrogens with one attached hydrogen (secondary N) is 1. The Morgan fingerprint density at radius 1 is 1.53 bits per heavy atom. The minimum atomic E-state index is -0.753. The number of nitrogens with zero attached hydrogens (tertiary/aromatic N) is 3. The second kappa shape index (κ2) is 5.68. The van der Waals surface area contributed by atoms with Gasteiger partial charge in [-0.15, -0.1) is 0 Å². The Labute approximate surface area is 120 Å². The number of hydrogen-bond acceptors (Lipinski definition) is 4. The molecule has 0 radical (unpaired) electrons. The predicted octanol–water partition coefficient (Wildman–Crippen LogP) is 1.56. The minimum absolute atomic E-state index is 0.244. The summed E-state index contributed by atoms with van der Waals surface area (Å²) in [7, 11) is 2.02. The molecule has 1 aromatic rings. The van der Waals surface area contributed by atoms with Crippen molar-refractivity contribution in [3.05, 3.63) is 28.5 Å². The summed E-state index contributed by atoms with van der Waals surface area (Å²) in [4.78, 5) is 18.3. The van der Waals surface area contributed by atoms with E-state index in [2.05, 4.69) is 37.2 Å². The number of hydrogen-bond donors (Lipinski definition) is 1. The first-order valence-corrected chi connectivity index (χ1v) is 6.88. The third-order valence-corrected chi connectivity index (χ3v) is 3.87. The molecule has 0 aliphatic carbocycles. The quantitative estimate of drug-likeness (QED) is 0.839. The van der Waals surface area contributed by atoms with Gasteiger partial charge in [-0.05, 0) is 48.0 Å². The molecule has 1 amide bonds. The predicted molar refractivity (Wildman–Crippen MR) is 74.5 cm³/mol. The highest BCUT2D eigenvalue weighted by atomic mass is 79.9. The Morgan fingerprint density at radius 2 is 2.21 bits per heavy atom. The average Bonchev–Trinajstić information content (AvgIpc) is 2.42. The summed E-state index contributed by atoms with van der Waals surface area (Å²) in [5.41, 5.74) is -0.284. The molecule has 1 aromatic heterocycles. The van der Waals surface area contributed by atoms with E-state index >= 15 is 0 Å². The van der Waals surface area contributed by atoms with Crippen LogP contribution in [0.2, 0.25) is 0 Å². The van der Waals surface area contributed by atoms with Gasteiger partial charge in [0, 0.05) is 19.3 Å². The molecule has 100 valence electrons. The highest BCUT2D eigenvalue weighted by molar-refractivity contribution is 9.10. The standard InChI is InChI=1S/C13H15BrN4O/c1-18-6-4-13(9-15,5-7-18)17-12(19)10-2-3-11(14)16-8-10/h2-3,8H,4-7H2,1H3,(H,17,19). The van der Waals surface area contributed by atoms with E-state index in [0.717, 1.165) is 13.1 Å². The number of pyridine rings is 1. The second-order valence-electron chi connectivity index (χ2n) is 4.82. The van der Waals surface area contributed by atoms with Gasteiger partial charge in [0.05, 0.1) is 11.6 Å². The number of piperidine rings is 1. The molecule has 0 bridgehead atoms. The van der Waals surface area contributed by atoms with Crippen LogP contribution in [0.3, 0.4) is 0 Å². The van der Waals surface area contributed by atoms with Gasteiger partial charge in [-0.25, -0.2) is 4.98 Å². The van der Waals surface area contributed by atoms with E-state index in [1.165, 1.54) is 6.20 Å². The Morgan fingerprint density at radius 3 is 2.74 bits per heavy atom. The zero-order valence-electron chi connectivity index (χ0n) is 10.7. The second-order valence-corrected chi connectivity index (χ2v) is 5.63. The number of carbonyl (C=O) groups excluding carboxylic acids is 1. The van der Waals surface area contributed by atoms with E-state index in [9.17, 15) is 10.1 Å². The molecule has 1 saturated heterocycles. The molecule has 1 aliphatic rings. The summed E-state index contributed by atoms with van der Waals surface area (Å²) in [6, 6.07) is 5.66. The average molecular weight is 323 g/mol. The van der Waals surface area contributed by atoms with Crippen LogP contribution in [0.25, 0.3) is 0 Å². The normalized spacial score (nSPS) is 18.6. The van der Waals surface area contributed by atoms with Crippen LogP contribution in [0, 0.1) is 11.3 Å². The van der Waals surface area contributed by atoms with E-state index in [1.54, 1.807) is 12.1 Å². The van der Waals surface area contributed by atoms with Crippen molar-refractivity contribution in [3.8, 4) is 6.07 Å². The Bertz CT molecular complexity index is 500. The van der Waals surface area contributed by atoms with Gasteiger partial charge >= 0.3 is 0 Å². The third-order valence-electron chi connectivity index (χ3n) is 3.40. The van der Waals surface area contributed by atoms with Crippen LogP contribution in [-0.2, 0) is 0 Å². The number of likely N-dealkylation sites (tertiary alicyclic amines) is 1. The highest BCUT2D eigenvalue weighted by Crippen LogP contribution is 2.21. The third kappa shape index (κ3) is 3.31. The molecule has 5 nitrogen and oxygen atoms in total. The molecule has 19 heavy (non-hydrogen) atoms. The molecule has 1 aliphatic heterocycles. The van der Waals surface area contributed by atoms with Crippen molar-refractivity contribution in [2.45, 2.75) is 18.4 Å². The molecule has 2 heterocycles. The minimum Gasteiger partial charge on any atom is -0.334 e. The summed E-state index contributed by atoms with van der Waals surface area (Å²) in [6.45, 7) is 1.62. The van der Waals surface area contributed by atoms with Crippen molar-refractivity contribution >= 4 is 21.8 Å². The molecule has 0 atom stereocenters. The van der Waals surface area contributed by atoms with E-state index in [4.69, 9.17) is 0 Å². The lowest BCUT2D eigenvalue weighted by molar-refractivity contribution is 0.0881. The molecule has 6 heteroatoms. The molecular formula is C13H15BrN4O. The molecule has 0 saturated carbocycles. The molecule has 0 unspecified atom stereocenters. The maximum Gasteiger partial charge on any atom is 0.254 e. The van der Waals surface area contributed by atoms with Gasteiger partial charge in [-0.3, -0.25) is 4.79 Å². The van der Waals surface area contributed by atoms with E-state index in [0.29, 0.717) is 23.0 Å². The summed E-state index contributed by atoms with van der Waals surface area (Å²) in [6.07, 6.45) is 2.80. The lowest BCUT2D eigenvalue weighted by Crippen LogP contribution is -2.53. The van der Waals surface area contributed by atoms with Gasteiger partial charge in [-0.1, -0.05) is 0 Å². The summed E-state index contributed by atoms with van der Waals surface area (Å²) in [5.74, 6) is -0.244. The van der Waals surface area contributed by atoms with Crippen molar-refractivity contribution in [1.29, 1.82) is 5.26 Å². The summed E-state index contributed by atoms with van der Waals surface area (Å²) in [5, 5.41) is 12.2. The van der Waals surface area contributed by atoms with Crippen LogP contribution < -0.4 is 5.32 Å². The lowest BCUT2D eigenvalue weighted by atomic mass is 9.89. The van der Waals surface area contributed by atoms with Gasteiger partial charge in [0.25, 0.3) is 5.91 Å². The van der Waals surface area contributed by atoms with Crippen molar-refractivity contribution in [3.63, 3.8) is 0 Å². The van der Waals surface area contributed by atoms with Crippen molar-refractivity contribution in [2.24, 2.45) is 0 Å². The number of carbonyl (C=O) groups is 1. The van der Waals surface area contributed by atoms with Gasteiger partial charge in [-0.2, -0.15) is 5.26 Å². The first-order chi connectivity index (χ1) is 9.04. The Balaban J connectivity index is 2.09. The fraction of sp³-hybridized carbons (Fsp3) is 0.462. The van der Waals surface area contributed by atoms with Crippen molar-refractivity contribution < 1.29 is 4.79 Å². The van der Waals surface area contributed by atoms with Crippen LogP contribution >= 0.6 is 15.9 Å². The van der Waals surface area contributed by atoms with Gasteiger partial charge < -0.3 is 10.2 Å². The number of rotatable bonds is 2. The maximum atomic E-state index is 12.1. The SMILES string of the molecule is CN1CCC(C#N)(NC(=O)c2ccc(Br)nc2)CC1. The van der Waals surface area contributed by atoms with Crippen LogP contribution in [-0.4, -0.2) is 41.5 Å². The summed E-state index contributed by atoms with van der Waals surface area (Å²) < 4.78 is 0.679. The number of amides is 1. The zero-order valence-corrected chi connectivity index (χ0v) is 12.3. The monoisotopic (exact) mass is 322 g/mol. The fourth-order valence-electron chi connectivity index (χ4n) is 2.06. The molecule has 1 fully saturated rings. The Hall–Kier alpha value is -1.45. The number of nitriles is 1. The zero-order chi connectivity index (χ0) is 13.9. The molecule has 2 rings (SSSR count). The maximum absolute atomic E-state index is 12.1. The van der Waals surface area contributed by atoms with E-state index in [-0.39, 0.29) is 5.91 Å². The van der Waals surface area contributed by atoms with Crippen LogP contribution in [0.4, 0.5) is 0 Å². The van der Waals surface area contributed by atoms with Gasteiger partial charge in [0.15, 0.2) is 0 Å². The first-order valence-electron chi connectivity index (χ1n) is 6.08. The molecule has 1 N–H and O–H groups in total. The number of halogens is 1. The Kier molecular flexibility index (Phi) is 4.17. The van der Waals surface area contributed by atoms with E-state index in [1.807, 2.05) is 7.05 Å². The van der Waals surface area contributed by atoms with Gasteiger partial charge in [0.2, 0.25) is 0 Å². The van der Waals surface area contributed by atoms with Crippen molar-refractivity contribution in [1.82, 2.24) is 15.2 Å². The van der Waals surface area contributed by atoms with E-state index < -0.39 is 5.54 Å². The van der Waals surface area contributed by atoms with Crippen LogP contribution in [0.5, 0.6) is 0 Å². The fourth-order valence-corrected chi connectivity index (χ4v) is 2.30. The smallest absolute Gasteiger partial charge is 0.254 e. The summed E-state index contributed by atoms with van der Waals surface area (Å²) >= 11 is 3.22. The van der Waals surface area contributed by atoms with Crippen LogP contribution in [0.15, 0.2) is 22.9 Å². The molecule has 0 spiro atoms. The topological polar surface area (TPSA) is 69.0 Å². The van der Waals surface area contributed by atoms with Gasteiger partial charge in [0.1, 0.15) is 10.1 Å². The first kappa shape index (κ1) is 14.0. The van der Waals surface area contributed by atoms with Crippen molar-refractivity contribution in [2.75, 3.05) is 20.1 Å². The molecular weight excluding hydrogens is 308 g/mol.